The predicted octanol–water partition coefficient (Wildman–Crippen LogP) is 5.77. The monoisotopic (exact) mass is 379 g/mol. The average Bonchev–Trinajstić information content (AvgIpc) is 3.15. The van der Waals surface area contributed by atoms with Crippen molar-refractivity contribution in [1.29, 1.82) is 0 Å². The molecule has 4 heteroatoms. The maximum Gasteiger partial charge on any atom is 0.119 e. The molecule has 138 valence electrons. The Hall–Kier alpha value is -1.03. The van der Waals surface area contributed by atoms with Crippen molar-refractivity contribution in [3.05, 3.63) is 51.7 Å². The van der Waals surface area contributed by atoms with Crippen LogP contribution in [0.5, 0.6) is 5.75 Å². The van der Waals surface area contributed by atoms with Gasteiger partial charge in [0.2, 0.25) is 0 Å². The van der Waals surface area contributed by atoms with Crippen LogP contribution in [0.2, 0.25) is 0 Å². The first kappa shape index (κ1) is 20.3. The van der Waals surface area contributed by atoms with E-state index in [-0.39, 0.29) is 12.4 Å². The molecular weight excluding hydrogens is 350 g/mol. The van der Waals surface area contributed by atoms with Gasteiger partial charge in [-0.05, 0) is 79.8 Å². The van der Waals surface area contributed by atoms with Crippen LogP contribution in [0.25, 0.3) is 0 Å². The van der Waals surface area contributed by atoms with Crippen molar-refractivity contribution in [2.24, 2.45) is 0 Å². The molecule has 0 spiro atoms. The third kappa shape index (κ3) is 5.22. The summed E-state index contributed by atoms with van der Waals surface area (Å²) in [5.74, 6) is 2.40. The minimum atomic E-state index is 0. The SMILES string of the molecule is CNCC(CCCC1CCCc2cc(OC)ccc21)c1cccs1.Cl. The number of rotatable bonds is 8. The lowest BCUT2D eigenvalue weighted by atomic mass is 9.79. The molecule has 0 aliphatic heterocycles. The minimum Gasteiger partial charge on any atom is -0.497 e. The topological polar surface area (TPSA) is 21.3 Å². The van der Waals surface area contributed by atoms with E-state index in [9.17, 15) is 0 Å². The van der Waals surface area contributed by atoms with E-state index in [2.05, 4.69) is 48.1 Å². The van der Waals surface area contributed by atoms with Crippen LogP contribution in [0.15, 0.2) is 35.7 Å². The second-order valence-corrected chi connectivity index (χ2v) is 7.83. The Labute approximate surface area is 162 Å². The van der Waals surface area contributed by atoms with Crippen LogP contribution >= 0.6 is 23.7 Å². The summed E-state index contributed by atoms with van der Waals surface area (Å²) in [5.41, 5.74) is 3.08. The molecule has 1 N–H and O–H groups in total. The first-order chi connectivity index (χ1) is 11.8. The van der Waals surface area contributed by atoms with Gasteiger partial charge in [-0.2, -0.15) is 0 Å². The zero-order valence-electron chi connectivity index (χ0n) is 15.3. The van der Waals surface area contributed by atoms with E-state index in [0.717, 1.165) is 18.2 Å². The molecule has 0 amide bonds. The summed E-state index contributed by atoms with van der Waals surface area (Å²) in [4.78, 5) is 1.53. The maximum atomic E-state index is 5.39. The van der Waals surface area contributed by atoms with Gasteiger partial charge in [-0.3, -0.25) is 0 Å². The Morgan fingerprint density at radius 3 is 2.92 bits per heavy atom. The molecule has 0 saturated carbocycles. The van der Waals surface area contributed by atoms with Crippen molar-refractivity contribution >= 4 is 23.7 Å². The molecule has 2 aromatic rings. The van der Waals surface area contributed by atoms with Gasteiger partial charge in [-0.1, -0.05) is 18.6 Å². The number of hydrogen-bond donors (Lipinski definition) is 1. The number of halogens is 1. The van der Waals surface area contributed by atoms with Crippen molar-refractivity contribution < 1.29 is 4.74 Å². The summed E-state index contributed by atoms with van der Waals surface area (Å²) in [6, 6.07) is 11.1. The summed E-state index contributed by atoms with van der Waals surface area (Å²) in [6.07, 6.45) is 7.76. The summed E-state index contributed by atoms with van der Waals surface area (Å²) >= 11 is 1.90. The Kier molecular flexibility index (Phi) is 8.28. The van der Waals surface area contributed by atoms with Gasteiger partial charge in [0, 0.05) is 17.3 Å². The zero-order chi connectivity index (χ0) is 16.8. The third-order valence-electron chi connectivity index (χ3n) is 5.29. The van der Waals surface area contributed by atoms with Crippen LogP contribution in [0.1, 0.15) is 59.9 Å². The van der Waals surface area contributed by atoms with E-state index in [1.807, 2.05) is 11.3 Å². The van der Waals surface area contributed by atoms with Crippen LogP contribution in [0.3, 0.4) is 0 Å². The van der Waals surface area contributed by atoms with Gasteiger partial charge in [-0.25, -0.2) is 0 Å². The van der Waals surface area contributed by atoms with Crippen molar-refractivity contribution in [2.45, 2.75) is 50.4 Å². The lowest BCUT2D eigenvalue weighted by molar-refractivity contribution is 0.412. The van der Waals surface area contributed by atoms with Crippen LogP contribution in [0, 0.1) is 0 Å². The predicted molar refractivity (Wildman–Crippen MR) is 111 cm³/mol. The molecule has 3 rings (SSSR count). The third-order valence-corrected chi connectivity index (χ3v) is 6.32. The number of thiophene rings is 1. The molecule has 1 aliphatic rings. The van der Waals surface area contributed by atoms with Gasteiger partial charge in [0.25, 0.3) is 0 Å². The van der Waals surface area contributed by atoms with E-state index < -0.39 is 0 Å². The normalized spacial score (nSPS) is 17.4. The van der Waals surface area contributed by atoms with E-state index >= 15 is 0 Å². The fourth-order valence-corrected chi connectivity index (χ4v) is 4.91. The number of hydrogen-bond acceptors (Lipinski definition) is 3. The van der Waals surface area contributed by atoms with Crippen LogP contribution in [-0.4, -0.2) is 20.7 Å². The van der Waals surface area contributed by atoms with Crippen molar-refractivity contribution in [1.82, 2.24) is 5.32 Å². The van der Waals surface area contributed by atoms with Gasteiger partial charge in [-0.15, -0.1) is 23.7 Å². The first-order valence-corrected chi connectivity index (χ1v) is 10.0. The van der Waals surface area contributed by atoms with E-state index in [1.54, 1.807) is 12.7 Å². The largest absolute Gasteiger partial charge is 0.497 e. The summed E-state index contributed by atoms with van der Waals surface area (Å²) < 4.78 is 5.39. The Balaban J connectivity index is 0.00000225. The highest BCUT2D eigenvalue weighted by Gasteiger charge is 2.21. The molecule has 25 heavy (non-hydrogen) atoms. The van der Waals surface area contributed by atoms with Crippen molar-refractivity contribution in [2.75, 3.05) is 20.7 Å². The lowest BCUT2D eigenvalue weighted by Crippen LogP contribution is -2.17. The fraction of sp³-hybridized carbons (Fsp3) is 0.524. The fourth-order valence-electron chi connectivity index (χ4n) is 4.04. The highest BCUT2D eigenvalue weighted by molar-refractivity contribution is 7.10. The quantitative estimate of drug-likeness (QED) is 0.628. The second kappa shape index (κ2) is 10.2. The molecule has 1 heterocycles. The van der Waals surface area contributed by atoms with Crippen molar-refractivity contribution in [3.8, 4) is 5.75 Å². The highest BCUT2D eigenvalue weighted by atomic mass is 35.5. The van der Waals surface area contributed by atoms with Gasteiger partial charge < -0.3 is 10.1 Å². The number of aryl methyl sites for hydroxylation is 1. The molecule has 1 aliphatic carbocycles. The Morgan fingerprint density at radius 2 is 2.20 bits per heavy atom. The Morgan fingerprint density at radius 1 is 1.32 bits per heavy atom. The smallest absolute Gasteiger partial charge is 0.119 e. The molecular formula is C21H30ClNOS. The minimum absolute atomic E-state index is 0. The average molecular weight is 380 g/mol. The van der Waals surface area contributed by atoms with Crippen LogP contribution in [-0.2, 0) is 6.42 Å². The van der Waals surface area contributed by atoms with Gasteiger partial charge in [0.1, 0.15) is 5.75 Å². The molecule has 1 aromatic heterocycles. The highest BCUT2D eigenvalue weighted by Crippen LogP contribution is 2.37. The summed E-state index contributed by atoms with van der Waals surface area (Å²) in [7, 11) is 3.82. The molecule has 0 saturated heterocycles. The van der Waals surface area contributed by atoms with E-state index in [4.69, 9.17) is 4.74 Å². The molecule has 0 radical (unpaired) electrons. The standard InChI is InChI=1S/C21H29NOS.ClH/c1-22-15-18(21-10-5-13-24-21)9-4-7-16-6-3-8-17-14-19(23-2)11-12-20(16)17;/h5,10-14,16,18,22H,3-4,6-9,15H2,1-2H3;1H. The van der Waals surface area contributed by atoms with Gasteiger partial charge in [0.05, 0.1) is 7.11 Å². The molecule has 1 aromatic carbocycles. The maximum absolute atomic E-state index is 5.39. The molecule has 2 atom stereocenters. The molecule has 2 unspecified atom stereocenters. The van der Waals surface area contributed by atoms with E-state index in [0.29, 0.717) is 5.92 Å². The van der Waals surface area contributed by atoms with Gasteiger partial charge >= 0.3 is 0 Å². The number of ether oxygens (including phenoxy) is 1. The van der Waals surface area contributed by atoms with E-state index in [1.165, 1.54) is 49.0 Å². The lowest BCUT2D eigenvalue weighted by Gasteiger charge is -2.26. The second-order valence-electron chi connectivity index (χ2n) is 6.85. The molecule has 2 nitrogen and oxygen atoms in total. The summed E-state index contributed by atoms with van der Waals surface area (Å²) in [6.45, 7) is 1.08. The van der Waals surface area contributed by atoms with Crippen LogP contribution in [0.4, 0.5) is 0 Å². The molecule has 0 fully saturated rings. The van der Waals surface area contributed by atoms with Crippen molar-refractivity contribution in [3.63, 3.8) is 0 Å². The Bertz CT molecular complexity index is 629. The van der Waals surface area contributed by atoms with Crippen LogP contribution < -0.4 is 10.1 Å². The van der Waals surface area contributed by atoms with Gasteiger partial charge in [0.15, 0.2) is 0 Å². The number of fused-ring (bicyclic) bond motifs is 1. The zero-order valence-corrected chi connectivity index (χ0v) is 16.9. The molecule has 0 bridgehead atoms. The first-order valence-electron chi connectivity index (χ1n) is 9.16. The number of likely N-dealkylation sites (N-methyl/N-ethyl adjacent to an activating group) is 1. The number of nitrogens with one attached hydrogen (secondary N) is 1. The number of benzene rings is 1. The number of methoxy groups -OCH3 is 1. The summed E-state index contributed by atoms with van der Waals surface area (Å²) in [5, 5.41) is 5.56.